The Morgan fingerprint density at radius 2 is 2.06 bits per heavy atom. The van der Waals surface area contributed by atoms with E-state index in [1.54, 1.807) is 41.8 Å². The molecule has 2 aromatic heterocycles. The number of rotatable bonds is 7. The Bertz CT molecular complexity index is 1250. The Balaban J connectivity index is 1.27. The second kappa shape index (κ2) is 10.4. The van der Waals surface area contributed by atoms with Gasteiger partial charge in [0.25, 0.3) is 5.91 Å². The number of amides is 1. The summed E-state index contributed by atoms with van der Waals surface area (Å²) >= 11 is 1.31. The minimum absolute atomic E-state index is 0.0501. The summed E-state index contributed by atoms with van der Waals surface area (Å²) in [5.41, 5.74) is 2.25. The first-order chi connectivity index (χ1) is 17.1. The van der Waals surface area contributed by atoms with Crippen LogP contribution in [-0.2, 0) is 9.47 Å². The number of hydrogen-bond acceptors (Lipinski definition) is 10. The smallest absolute Gasteiger partial charge is 0.273 e. The number of benzene rings is 1. The van der Waals surface area contributed by atoms with Gasteiger partial charge in [-0.05, 0) is 24.3 Å². The Labute approximate surface area is 206 Å². The van der Waals surface area contributed by atoms with Crippen LogP contribution in [0.15, 0.2) is 35.8 Å². The molecule has 35 heavy (non-hydrogen) atoms. The van der Waals surface area contributed by atoms with E-state index < -0.39 is 0 Å². The van der Waals surface area contributed by atoms with Gasteiger partial charge in [-0.1, -0.05) is 0 Å². The van der Waals surface area contributed by atoms with Gasteiger partial charge >= 0.3 is 0 Å². The molecule has 0 radical (unpaired) electrons. The van der Waals surface area contributed by atoms with Crippen molar-refractivity contribution in [1.82, 2.24) is 19.9 Å². The summed E-state index contributed by atoms with van der Waals surface area (Å²) in [6.07, 6.45) is 3.39. The van der Waals surface area contributed by atoms with Crippen molar-refractivity contribution < 1.29 is 19.0 Å². The van der Waals surface area contributed by atoms with Crippen molar-refractivity contribution >= 4 is 28.3 Å². The summed E-state index contributed by atoms with van der Waals surface area (Å²) in [4.78, 5) is 27.4. The highest BCUT2D eigenvalue weighted by atomic mass is 32.1. The number of nitrogens with zero attached hydrogens (tertiary/aromatic N) is 5. The van der Waals surface area contributed by atoms with Crippen molar-refractivity contribution in [3.05, 3.63) is 47.1 Å². The molecule has 3 aromatic rings. The number of aromatic nitrogens is 3. The van der Waals surface area contributed by atoms with Crippen LogP contribution in [0.4, 0.5) is 11.1 Å². The molecule has 2 aliphatic heterocycles. The number of carbonyl (C=O) groups excluding carboxylic acids is 1. The monoisotopic (exact) mass is 492 g/mol. The van der Waals surface area contributed by atoms with E-state index in [1.165, 1.54) is 11.3 Å². The summed E-state index contributed by atoms with van der Waals surface area (Å²) < 4.78 is 16.6. The number of nitrogens with one attached hydrogen (secondary N) is 1. The maximum Gasteiger partial charge on any atom is 0.273 e. The van der Waals surface area contributed by atoms with Crippen LogP contribution >= 0.6 is 11.3 Å². The third-order valence-corrected chi connectivity index (χ3v) is 6.68. The zero-order chi connectivity index (χ0) is 24.2. The molecule has 5 rings (SSSR count). The van der Waals surface area contributed by atoms with Crippen LogP contribution in [-0.4, -0.2) is 71.4 Å². The van der Waals surface area contributed by atoms with Crippen LogP contribution in [0.1, 0.15) is 28.9 Å². The van der Waals surface area contributed by atoms with Crippen molar-refractivity contribution in [3.8, 4) is 23.1 Å². The molecular formula is C24H24N6O4S. The van der Waals surface area contributed by atoms with E-state index in [0.717, 1.165) is 18.4 Å². The van der Waals surface area contributed by atoms with Gasteiger partial charge in [-0.25, -0.2) is 15.0 Å². The second-order valence-electron chi connectivity index (χ2n) is 8.25. The predicted octanol–water partition coefficient (Wildman–Crippen LogP) is 3.24. The molecule has 0 spiro atoms. The standard InChI is InChI=1S/C24H24N6O4S/c1-32-18-12-30(13-18)22(31)20-14-35-24(28-20)29-23-26-7-4-19(27-23)15-2-3-21(16(10-15)11-25)34-17-5-8-33-9-6-17/h2-4,7,10,14,17-18H,5-6,8-9,12-13H2,1H3,(H,26,27,28,29). The quantitative estimate of drug-likeness (QED) is 0.529. The van der Waals surface area contributed by atoms with Gasteiger partial charge in [0.15, 0.2) is 5.13 Å². The lowest BCUT2D eigenvalue weighted by Gasteiger charge is -2.37. The highest BCUT2D eigenvalue weighted by Crippen LogP contribution is 2.28. The largest absolute Gasteiger partial charge is 0.489 e. The maximum absolute atomic E-state index is 12.5. The van der Waals surface area contributed by atoms with Gasteiger partial charge in [0.05, 0.1) is 30.6 Å². The molecule has 180 valence electrons. The van der Waals surface area contributed by atoms with Crippen LogP contribution in [0.5, 0.6) is 5.75 Å². The first kappa shape index (κ1) is 23.2. The van der Waals surface area contributed by atoms with Crippen LogP contribution in [0, 0.1) is 11.3 Å². The SMILES string of the molecule is COC1CN(C(=O)c2csc(Nc3nccc(-c4ccc(OC5CCOCC5)c(C#N)c4)n3)n2)C1. The van der Waals surface area contributed by atoms with Gasteiger partial charge in [0, 0.05) is 50.2 Å². The Morgan fingerprint density at radius 3 is 2.83 bits per heavy atom. The lowest BCUT2D eigenvalue weighted by atomic mass is 10.1. The third kappa shape index (κ3) is 5.24. The Hall–Kier alpha value is -3.59. The normalized spacial score (nSPS) is 16.4. The number of anilines is 2. The molecule has 0 saturated carbocycles. The summed E-state index contributed by atoms with van der Waals surface area (Å²) in [6.45, 7) is 2.49. The summed E-state index contributed by atoms with van der Waals surface area (Å²) in [5.74, 6) is 0.791. The Kier molecular flexibility index (Phi) is 6.85. The van der Waals surface area contributed by atoms with Gasteiger partial charge in [-0.2, -0.15) is 5.26 Å². The van der Waals surface area contributed by atoms with E-state index in [1.807, 2.05) is 6.07 Å². The van der Waals surface area contributed by atoms with E-state index in [2.05, 4.69) is 26.3 Å². The van der Waals surface area contributed by atoms with Gasteiger partial charge in [0.1, 0.15) is 23.6 Å². The molecule has 2 aliphatic rings. The van der Waals surface area contributed by atoms with Crippen molar-refractivity contribution in [2.24, 2.45) is 0 Å². The highest BCUT2D eigenvalue weighted by molar-refractivity contribution is 7.14. The second-order valence-corrected chi connectivity index (χ2v) is 9.11. The minimum Gasteiger partial charge on any atom is -0.489 e. The number of carbonyl (C=O) groups is 1. The lowest BCUT2D eigenvalue weighted by molar-refractivity contribution is -0.0194. The first-order valence-electron chi connectivity index (χ1n) is 11.3. The van der Waals surface area contributed by atoms with Crippen LogP contribution in [0.2, 0.25) is 0 Å². The molecular weight excluding hydrogens is 468 g/mol. The number of likely N-dealkylation sites (tertiary alicyclic amines) is 1. The van der Waals surface area contributed by atoms with Crippen LogP contribution in [0.3, 0.4) is 0 Å². The molecule has 1 amide bonds. The molecule has 0 bridgehead atoms. The van der Waals surface area contributed by atoms with Crippen molar-refractivity contribution in [1.29, 1.82) is 5.26 Å². The predicted molar refractivity (Wildman–Crippen MR) is 129 cm³/mol. The lowest BCUT2D eigenvalue weighted by Crippen LogP contribution is -2.54. The van der Waals surface area contributed by atoms with Crippen molar-refractivity contribution in [2.45, 2.75) is 25.0 Å². The van der Waals surface area contributed by atoms with E-state index >= 15 is 0 Å². The average molecular weight is 493 g/mol. The molecule has 0 unspecified atom stereocenters. The van der Waals surface area contributed by atoms with E-state index in [0.29, 0.717) is 60.1 Å². The Morgan fingerprint density at radius 1 is 1.23 bits per heavy atom. The van der Waals surface area contributed by atoms with Crippen molar-refractivity contribution in [2.75, 3.05) is 38.7 Å². The highest BCUT2D eigenvalue weighted by Gasteiger charge is 2.32. The van der Waals surface area contributed by atoms with Gasteiger partial charge < -0.3 is 24.4 Å². The number of methoxy groups -OCH3 is 1. The molecule has 11 heteroatoms. The molecule has 4 heterocycles. The summed E-state index contributed by atoms with van der Waals surface area (Å²) in [5, 5.41) is 15.0. The fraction of sp³-hybridized carbons (Fsp3) is 0.375. The number of thiazole rings is 1. The van der Waals surface area contributed by atoms with E-state index in [4.69, 9.17) is 14.2 Å². The first-order valence-corrected chi connectivity index (χ1v) is 12.2. The summed E-state index contributed by atoms with van der Waals surface area (Å²) in [7, 11) is 1.64. The third-order valence-electron chi connectivity index (χ3n) is 5.92. The van der Waals surface area contributed by atoms with Gasteiger partial charge in [-0.3, -0.25) is 4.79 Å². The topological polar surface area (TPSA) is 122 Å². The fourth-order valence-corrected chi connectivity index (χ4v) is 4.55. The summed E-state index contributed by atoms with van der Waals surface area (Å²) in [6, 6.07) is 9.44. The molecule has 1 N–H and O–H groups in total. The molecule has 1 aromatic carbocycles. The molecule has 2 fully saturated rings. The maximum atomic E-state index is 12.5. The van der Waals surface area contributed by atoms with E-state index in [-0.39, 0.29) is 18.1 Å². The van der Waals surface area contributed by atoms with Crippen LogP contribution in [0.25, 0.3) is 11.3 Å². The molecule has 0 aliphatic carbocycles. The zero-order valence-corrected chi connectivity index (χ0v) is 20.0. The van der Waals surface area contributed by atoms with Crippen LogP contribution < -0.4 is 10.1 Å². The molecule has 0 atom stereocenters. The number of hydrogen-bond donors (Lipinski definition) is 1. The van der Waals surface area contributed by atoms with E-state index in [9.17, 15) is 10.1 Å². The average Bonchev–Trinajstić information content (AvgIpc) is 3.33. The van der Waals surface area contributed by atoms with Crippen molar-refractivity contribution in [3.63, 3.8) is 0 Å². The molecule has 10 nitrogen and oxygen atoms in total. The van der Waals surface area contributed by atoms with Gasteiger partial charge in [-0.15, -0.1) is 11.3 Å². The number of ether oxygens (including phenoxy) is 3. The minimum atomic E-state index is -0.121. The molecule has 2 saturated heterocycles. The van der Waals surface area contributed by atoms with Gasteiger partial charge in [0.2, 0.25) is 5.95 Å². The fourth-order valence-electron chi connectivity index (χ4n) is 3.87. The number of nitriles is 1. The zero-order valence-electron chi connectivity index (χ0n) is 19.1.